The van der Waals surface area contributed by atoms with Crippen molar-refractivity contribution in [1.29, 1.82) is 0 Å². The van der Waals surface area contributed by atoms with Crippen molar-refractivity contribution in [2.75, 3.05) is 20.7 Å². The normalized spacial score (nSPS) is 10.8. The lowest BCUT2D eigenvalue weighted by atomic mass is 10.1. The number of hydrogen-bond acceptors (Lipinski definition) is 6. The van der Waals surface area contributed by atoms with Crippen LogP contribution in [0, 0.1) is 10.1 Å². The van der Waals surface area contributed by atoms with Crippen LogP contribution in [0.25, 0.3) is 17.4 Å². The van der Waals surface area contributed by atoms with Crippen molar-refractivity contribution < 1.29 is 23.7 Å². The molecule has 158 valence electrons. The number of carbonyl (C=O) groups is 2. The van der Waals surface area contributed by atoms with Gasteiger partial charge in [0.2, 0.25) is 0 Å². The Kier molecular flexibility index (Phi) is 6.61. The third-order valence-corrected chi connectivity index (χ3v) is 4.37. The van der Waals surface area contributed by atoms with E-state index in [1.165, 1.54) is 23.1 Å². The Hall–Kier alpha value is -4.20. The molecule has 0 aliphatic carbocycles. The Labute approximate surface area is 178 Å². The second-order valence-corrected chi connectivity index (χ2v) is 6.81. The van der Waals surface area contributed by atoms with E-state index in [0.717, 1.165) is 0 Å². The zero-order chi connectivity index (χ0) is 22.4. The van der Waals surface area contributed by atoms with E-state index in [1.54, 1.807) is 68.7 Å². The Bertz CT molecular complexity index is 1130. The van der Waals surface area contributed by atoms with E-state index in [-0.39, 0.29) is 24.0 Å². The van der Waals surface area contributed by atoms with Gasteiger partial charge in [0.05, 0.1) is 4.92 Å². The second kappa shape index (κ2) is 9.53. The number of allylic oxidation sites excluding steroid dienone is 1. The van der Waals surface area contributed by atoms with Crippen molar-refractivity contribution in [2.45, 2.75) is 0 Å². The average Bonchev–Trinajstić information content (AvgIpc) is 3.25. The minimum Gasteiger partial charge on any atom is -0.484 e. The lowest BCUT2D eigenvalue weighted by Gasteiger charge is -2.11. The molecule has 3 rings (SSSR count). The Morgan fingerprint density at radius 2 is 1.84 bits per heavy atom. The molecule has 8 heteroatoms. The van der Waals surface area contributed by atoms with Crippen molar-refractivity contribution in [3.8, 4) is 17.1 Å². The first-order valence-corrected chi connectivity index (χ1v) is 9.33. The number of furan rings is 1. The van der Waals surface area contributed by atoms with Crippen molar-refractivity contribution in [3.63, 3.8) is 0 Å². The summed E-state index contributed by atoms with van der Waals surface area (Å²) in [6.07, 6.45) is 2.92. The number of nitro benzene ring substituents is 1. The minimum absolute atomic E-state index is 0.00156. The quantitative estimate of drug-likeness (QED) is 0.234. The van der Waals surface area contributed by atoms with E-state index >= 15 is 0 Å². The predicted molar refractivity (Wildman–Crippen MR) is 115 cm³/mol. The van der Waals surface area contributed by atoms with Gasteiger partial charge in [0.25, 0.3) is 11.6 Å². The fourth-order valence-corrected chi connectivity index (χ4v) is 2.61. The molecule has 0 aliphatic heterocycles. The van der Waals surface area contributed by atoms with Crippen LogP contribution in [0.4, 0.5) is 5.69 Å². The number of ketones is 1. The molecular formula is C23H20N2O6. The third kappa shape index (κ3) is 5.66. The van der Waals surface area contributed by atoms with Gasteiger partial charge in [-0.3, -0.25) is 19.7 Å². The molecule has 0 saturated carbocycles. The molecule has 1 amide bonds. The predicted octanol–water partition coefficient (Wildman–Crippen LogP) is 4.22. The van der Waals surface area contributed by atoms with Gasteiger partial charge in [-0.25, -0.2) is 0 Å². The number of rotatable bonds is 8. The molecule has 1 aromatic heterocycles. The fourth-order valence-electron chi connectivity index (χ4n) is 2.61. The summed E-state index contributed by atoms with van der Waals surface area (Å²) in [5.74, 6) is 0.984. The number of amides is 1. The van der Waals surface area contributed by atoms with Crippen molar-refractivity contribution in [1.82, 2.24) is 4.90 Å². The number of carbonyl (C=O) groups excluding carboxylic acids is 2. The third-order valence-electron chi connectivity index (χ3n) is 4.37. The van der Waals surface area contributed by atoms with Crippen LogP contribution in [-0.2, 0) is 4.79 Å². The highest BCUT2D eigenvalue weighted by Crippen LogP contribution is 2.25. The summed E-state index contributed by atoms with van der Waals surface area (Å²) in [7, 11) is 3.27. The maximum atomic E-state index is 12.5. The van der Waals surface area contributed by atoms with Crippen LogP contribution in [0.1, 0.15) is 16.1 Å². The highest BCUT2D eigenvalue weighted by molar-refractivity contribution is 6.06. The first-order chi connectivity index (χ1) is 14.8. The molecule has 0 bridgehead atoms. The Balaban J connectivity index is 1.66. The van der Waals surface area contributed by atoms with Crippen LogP contribution < -0.4 is 4.74 Å². The number of non-ortho nitro benzene ring substituents is 1. The van der Waals surface area contributed by atoms with Crippen LogP contribution in [-0.4, -0.2) is 42.2 Å². The number of hydrogen-bond donors (Lipinski definition) is 0. The van der Waals surface area contributed by atoms with Crippen molar-refractivity contribution in [3.05, 3.63) is 88.2 Å². The topological polar surface area (TPSA) is 103 Å². The number of nitro groups is 1. The highest BCUT2D eigenvalue weighted by atomic mass is 16.6. The fraction of sp³-hybridized carbons (Fsp3) is 0.130. The Morgan fingerprint density at radius 1 is 1.10 bits per heavy atom. The van der Waals surface area contributed by atoms with E-state index in [1.807, 2.05) is 0 Å². The number of likely N-dealkylation sites (N-methyl/N-ethyl adjacent to an activating group) is 1. The van der Waals surface area contributed by atoms with Crippen molar-refractivity contribution >= 4 is 23.5 Å². The molecule has 2 aromatic carbocycles. The van der Waals surface area contributed by atoms with E-state index in [4.69, 9.17) is 9.15 Å². The van der Waals surface area contributed by atoms with E-state index < -0.39 is 4.92 Å². The number of nitrogens with zero attached hydrogens (tertiary/aromatic N) is 2. The van der Waals surface area contributed by atoms with Gasteiger partial charge in [0.15, 0.2) is 12.4 Å². The van der Waals surface area contributed by atoms with Crippen LogP contribution in [0.5, 0.6) is 5.75 Å². The molecule has 0 atom stereocenters. The van der Waals surface area contributed by atoms with Crippen LogP contribution in [0.3, 0.4) is 0 Å². The molecule has 0 aliphatic rings. The molecule has 31 heavy (non-hydrogen) atoms. The minimum atomic E-state index is -0.466. The summed E-state index contributed by atoms with van der Waals surface area (Å²) in [4.78, 5) is 35.8. The van der Waals surface area contributed by atoms with Gasteiger partial charge in [0, 0.05) is 37.4 Å². The molecule has 0 spiro atoms. The smallest absolute Gasteiger partial charge is 0.269 e. The van der Waals surface area contributed by atoms with Gasteiger partial charge >= 0.3 is 0 Å². The van der Waals surface area contributed by atoms with E-state index in [9.17, 15) is 19.7 Å². The zero-order valence-electron chi connectivity index (χ0n) is 17.0. The van der Waals surface area contributed by atoms with E-state index in [0.29, 0.717) is 28.4 Å². The molecule has 0 radical (unpaired) electrons. The maximum absolute atomic E-state index is 12.5. The van der Waals surface area contributed by atoms with Gasteiger partial charge in [0.1, 0.15) is 17.3 Å². The molecule has 0 fully saturated rings. The summed E-state index contributed by atoms with van der Waals surface area (Å²) in [6.45, 7) is -0.113. The monoisotopic (exact) mass is 420 g/mol. The summed E-state index contributed by atoms with van der Waals surface area (Å²) >= 11 is 0. The summed E-state index contributed by atoms with van der Waals surface area (Å²) < 4.78 is 11.1. The molecule has 1 heterocycles. The van der Waals surface area contributed by atoms with Gasteiger partial charge < -0.3 is 14.1 Å². The van der Waals surface area contributed by atoms with Gasteiger partial charge in [-0.1, -0.05) is 12.1 Å². The first-order valence-electron chi connectivity index (χ1n) is 9.33. The number of ether oxygens (including phenoxy) is 1. The van der Waals surface area contributed by atoms with Crippen molar-refractivity contribution in [2.24, 2.45) is 0 Å². The van der Waals surface area contributed by atoms with Gasteiger partial charge in [-0.15, -0.1) is 0 Å². The van der Waals surface area contributed by atoms with E-state index in [2.05, 4.69) is 0 Å². The van der Waals surface area contributed by atoms with Crippen LogP contribution >= 0.6 is 0 Å². The molecule has 3 aromatic rings. The molecular weight excluding hydrogens is 400 g/mol. The lowest BCUT2D eigenvalue weighted by molar-refractivity contribution is -0.384. The maximum Gasteiger partial charge on any atom is 0.269 e. The van der Waals surface area contributed by atoms with Gasteiger partial charge in [-0.05, 0) is 48.6 Å². The molecule has 0 N–H and O–H groups in total. The molecule has 0 unspecified atom stereocenters. The largest absolute Gasteiger partial charge is 0.484 e. The van der Waals surface area contributed by atoms with Crippen LogP contribution in [0.15, 0.2) is 71.2 Å². The molecule has 8 nitrogen and oxygen atoms in total. The summed E-state index contributed by atoms with van der Waals surface area (Å²) in [5.41, 5.74) is 1.10. The number of benzene rings is 2. The summed E-state index contributed by atoms with van der Waals surface area (Å²) in [6, 6.07) is 16.0. The standard InChI is InChI=1S/C23H20N2O6/c1-24(2)23(27)15-30-20-5-3-4-17(14-20)21(26)12-10-19-11-13-22(31-19)16-6-8-18(9-7-16)25(28)29/h3-14H,15H2,1-2H3. The van der Waals surface area contributed by atoms with Gasteiger partial charge in [-0.2, -0.15) is 0 Å². The average molecular weight is 420 g/mol. The second-order valence-electron chi connectivity index (χ2n) is 6.81. The Morgan fingerprint density at radius 3 is 2.52 bits per heavy atom. The first kappa shape index (κ1) is 21.5. The SMILES string of the molecule is CN(C)C(=O)COc1cccc(C(=O)C=Cc2ccc(-c3ccc([N+](=O)[O-])cc3)o2)c1. The van der Waals surface area contributed by atoms with Crippen LogP contribution in [0.2, 0.25) is 0 Å². The molecule has 0 saturated heterocycles. The highest BCUT2D eigenvalue weighted by Gasteiger charge is 2.09. The zero-order valence-corrected chi connectivity index (χ0v) is 17.0. The summed E-state index contributed by atoms with van der Waals surface area (Å²) in [5, 5.41) is 10.7. The lowest BCUT2D eigenvalue weighted by Crippen LogP contribution is -2.27.